The number of nitrogens with one attached hydrogen (secondary N) is 1. The number of H-pyrrole nitrogens is 1. The second kappa shape index (κ2) is 4.81. The standard InChI is InChI=1S/C16H13FN2O/c1-10-6-7-14-11(8-10)12(16(20)19-14)9-18-15-5-3-2-4-13(15)17/h2-9,19-20H,1H3. The molecule has 0 bridgehead atoms. The summed E-state index contributed by atoms with van der Waals surface area (Å²) < 4.78 is 13.5. The zero-order valence-corrected chi connectivity index (χ0v) is 10.9. The molecule has 0 aliphatic heterocycles. The number of fused-ring (bicyclic) bond motifs is 1. The molecular weight excluding hydrogens is 255 g/mol. The van der Waals surface area contributed by atoms with E-state index in [1.807, 2.05) is 25.1 Å². The maximum atomic E-state index is 13.5. The average Bonchev–Trinajstić information content (AvgIpc) is 2.73. The van der Waals surface area contributed by atoms with Crippen molar-refractivity contribution in [3.05, 3.63) is 59.4 Å². The minimum Gasteiger partial charge on any atom is -0.494 e. The lowest BCUT2D eigenvalue weighted by atomic mass is 10.1. The van der Waals surface area contributed by atoms with Gasteiger partial charge in [0.1, 0.15) is 5.82 Å². The molecule has 100 valence electrons. The van der Waals surface area contributed by atoms with Crippen molar-refractivity contribution in [3.8, 4) is 5.88 Å². The van der Waals surface area contributed by atoms with Gasteiger partial charge < -0.3 is 10.1 Å². The Balaban J connectivity index is 2.09. The molecule has 4 heteroatoms. The van der Waals surface area contributed by atoms with E-state index < -0.39 is 0 Å². The number of hydrogen-bond acceptors (Lipinski definition) is 2. The SMILES string of the molecule is Cc1ccc2[nH]c(O)c(C=Nc3ccccc3F)c2c1. The highest BCUT2D eigenvalue weighted by atomic mass is 19.1. The second-order valence-electron chi connectivity index (χ2n) is 4.65. The van der Waals surface area contributed by atoms with Gasteiger partial charge in [0.05, 0.1) is 11.3 Å². The zero-order valence-electron chi connectivity index (χ0n) is 10.9. The van der Waals surface area contributed by atoms with Gasteiger partial charge in [-0.15, -0.1) is 0 Å². The number of aliphatic imine (C=N–C) groups is 1. The van der Waals surface area contributed by atoms with Crippen molar-refractivity contribution in [1.29, 1.82) is 0 Å². The molecule has 3 rings (SSSR count). The molecular formula is C16H13FN2O. The number of rotatable bonds is 2. The first-order valence-corrected chi connectivity index (χ1v) is 6.25. The molecule has 0 spiro atoms. The summed E-state index contributed by atoms with van der Waals surface area (Å²) in [7, 11) is 0. The average molecular weight is 268 g/mol. The van der Waals surface area contributed by atoms with Gasteiger partial charge in [-0.25, -0.2) is 4.39 Å². The number of benzene rings is 2. The Morgan fingerprint density at radius 1 is 1.20 bits per heavy atom. The lowest BCUT2D eigenvalue weighted by molar-refractivity contribution is 0.457. The van der Waals surface area contributed by atoms with Crippen LogP contribution in [-0.4, -0.2) is 16.3 Å². The third-order valence-corrected chi connectivity index (χ3v) is 3.16. The number of hydrogen-bond donors (Lipinski definition) is 2. The van der Waals surface area contributed by atoms with Crippen LogP contribution in [0.1, 0.15) is 11.1 Å². The lowest BCUT2D eigenvalue weighted by Crippen LogP contribution is -1.81. The Kier molecular flexibility index (Phi) is 2.99. The van der Waals surface area contributed by atoms with E-state index in [2.05, 4.69) is 9.98 Å². The van der Waals surface area contributed by atoms with Crippen molar-refractivity contribution >= 4 is 22.8 Å². The molecule has 2 aromatic carbocycles. The number of aryl methyl sites for hydroxylation is 1. The number of para-hydroxylation sites is 1. The van der Waals surface area contributed by atoms with Crippen molar-refractivity contribution in [2.75, 3.05) is 0 Å². The number of aromatic nitrogens is 1. The minimum absolute atomic E-state index is 0.0330. The smallest absolute Gasteiger partial charge is 0.198 e. The van der Waals surface area contributed by atoms with Gasteiger partial charge >= 0.3 is 0 Å². The van der Waals surface area contributed by atoms with E-state index in [4.69, 9.17) is 0 Å². The van der Waals surface area contributed by atoms with E-state index in [1.54, 1.807) is 18.2 Å². The van der Waals surface area contributed by atoms with E-state index in [0.29, 0.717) is 5.56 Å². The summed E-state index contributed by atoms with van der Waals surface area (Å²) in [5.41, 5.74) is 2.71. The number of aromatic amines is 1. The Morgan fingerprint density at radius 2 is 2.00 bits per heavy atom. The predicted molar refractivity (Wildman–Crippen MR) is 78.4 cm³/mol. The first-order chi connectivity index (χ1) is 9.65. The molecule has 1 aromatic heterocycles. The highest BCUT2D eigenvalue weighted by molar-refractivity contribution is 6.02. The molecule has 0 unspecified atom stereocenters. The molecule has 1 heterocycles. The van der Waals surface area contributed by atoms with Gasteiger partial charge in [0, 0.05) is 17.1 Å². The molecule has 0 saturated heterocycles. The maximum Gasteiger partial charge on any atom is 0.198 e. The van der Waals surface area contributed by atoms with Crippen molar-refractivity contribution in [1.82, 2.24) is 4.98 Å². The zero-order chi connectivity index (χ0) is 14.1. The van der Waals surface area contributed by atoms with Crippen LogP contribution in [0.2, 0.25) is 0 Å². The molecule has 2 N–H and O–H groups in total. The molecule has 3 aromatic rings. The molecule has 0 amide bonds. The number of halogens is 1. The summed E-state index contributed by atoms with van der Waals surface area (Å²) in [5, 5.41) is 10.8. The summed E-state index contributed by atoms with van der Waals surface area (Å²) in [5.74, 6) is -0.357. The molecule has 0 aliphatic carbocycles. The normalized spacial score (nSPS) is 11.5. The first kappa shape index (κ1) is 12.4. The summed E-state index contributed by atoms with van der Waals surface area (Å²) in [4.78, 5) is 6.98. The molecule has 0 aliphatic rings. The van der Waals surface area contributed by atoms with E-state index in [-0.39, 0.29) is 17.4 Å². The highest BCUT2D eigenvalue weighted by Crippen LogP contribution is 2.27. The van der Waals surface area contributed by atoms with Crippen LogP contribution in [0.4, 0.5) is 10.1 Å². The Morgan fingerprint density at radius 3 is 2.80 bits per heavy atom. The Labute approximate surface area is 115 Å². The van der Waals surface area contributed by atoms with Crippen LogP contribution in [0.15, 0.2) is 47.5 Å². The molecule has 0 saturated carbocycles. The van der Waals surface area contributed by atoms with E-state index >= 15 is 0 Å². The molecule has 20 heavy (non-hydrogen) atoms. The fourth-order valence-electron chi connectivity index (χ4n) is 2.13. The fraction of sp³-hybridized carbons (Fsp3) is 0.0625. The molecule has 0 fully saturated rings. The van der Waals surface area contributed by atoms with E-state index in [0.717, 1.165) is 16.5 Å². The van der Waals surface area contributed by atoms with E-state index in [1.165, 1.54) is 12.3 Å². The van der Waals surface area contributed by atoms with Gasteiger partial charge in [0.2, 0.25) is 0 Å². The van der Waals surface area contributed by atoms with Gasteiger partial charge in [-0.1, -0.05) is 23.8 Å². The van der Waals surface area contributed by atoms with Crippen LogP contribution in [0, 0.1) is 12.7 Å². The molecule has 0 atom stereocenters. The largest absolute Gasteiger partial charge is 0.494 e. The summed E-state index contributed by atoms with van der Waals surface area (Å²) >= 11 is 0. The first-order valence-electron chi connectivity index (χ1n) is 6.25. The fourth-order valence-corrected chi connectivity index (χ4v) is 2.13. The van der Waals surface area contributed by atoms with Gasteiger partial charge in [-0.05, 0) is 31.2 Å². The van der Waals surface area contributed by atoms with Gasteiger partial charge in [-0.2, -0.15) is 0 Å². The van der Waals surface area contributed by atoms with Crippen LogP contribution in [0.3, 0.4) is 0 Å². The number of aromatic hydroxyl groups is 1. The van der Waals surface area contributed by atoms with E-state index in [9.17, 15) is 9.50 Å². The topological polar surface area (TPSA) is 48.4 Å². The van der Waals surface area contributed by atoms with Gasteiger partial charge in [-0.3, -0.25) is 4.99 Å². The Hall–Kier alpha value is -2.62. The highest BCUT2D eigenvalue weighted by Gasteiger charge is 2.09. The summed E-state index contributed by atoms with van der Waals surface area (Å²) in [6.07, 6.45) is 1.48. The minimum atomic E-state index is -0.390. The third kappa shape index (κ3) is 2.16. The quantitative estimate of drug-likeness (QED) is 0.676. The summed E-state index contributed by atoms with van der Waals surface area (Å²) in [6, 6.07) is 12.1. The van der Waals surface area contributed by atoms with Crippen LogP contribution in [0.25, 0.3) is 10.9 Å². The molecule has 3 nitrogen and oxygen atoms in total. The second-order valence-corrected chi connectivity index (χ2v) is 4.65. The van der Waals surface area contributed by atoms with Gasteiger partial charge in [0.15, 0.2) is 5.88 Å². The van der Waals surface area contributed by atoms with Gasteiger partial charge in [0.25, 0.3) is 0 Å². The van der Waals surface area contributed by atoms with Crippen molar-refractivity contribution in [3.63, 3.8) is 0 Å². The van der Waals surface area contributed by atoms with Crippen molar-refractivity contribution < 1.29 is 9.50 Å². The van der Waals surface area contributed by atoms with Crippen molar-refractivity contribution in [2.24, 2.45) is 4.99 Å². The number of nitrogens with zero attached hydrogens (tertiary/aromatic N) is 1. The predicted octanol–water partition coefficient (Wildman–Crippen LogP) is 4.07. The molecule has 0 radical (unpaired) electrons. The van der Waals surface area contributed by atoms with Crippen LogP contribution in [0.5, 0.6) is 5.88 Å². The maximum absolute atomic E-state index is 13.5. The van der Waals surface area contributed by atoms with Crippen LogP contribution >= 0.6 is 0 Å². The van der Waals surface area contributed by atoms with Crippen LogP contribution in [-0.2, 0) is 0 Å². The monoisotopic (exact) mass is 268 g/mol. The van der Waals surface area contributed by atoms with Crippen molar-refractivity contribution in [2.45, 2.75) is 6.92 Å². The lowest BCUT2D eigenvalue weighted by Gasteiger charge is -1.96. The Bertz CT molecular complexity index is 805. The third-order valence-electron chi connectivity index (χ3n) is 3.16. The van der Waals surface area contributed by atoms with Crippen LogP contribution < -0.4 is 0 Å². The summed E-state index contributed by atoms with van der Waals surface area (Å²) in [6.45, 7) is 1.97.